The number of hydrogen-bond acceptors (Lipinski definition) is 5. The quantitative estimate of drug-likeness (QED) is 0.489. The van der Waals surface area contributed by atoms with Gasteiger partial charge in [-0.3, -0.25) is 0 Å². The summed E-state index contributed by atoms with van der Waals surface area (Å²) in [4.78, 5) is 21.3. The molecule has 2 amide bonds. The van der Waals surface area contributed by atoms with Gasteiger partial charge in [-0.25, -0.2) is 9.78 Å². The highest BCUT2D eigenvalue weighted by Gasteiger charge is 2.12. The Morgan fingerprint density at radius 2 is 1.90 bits per heavy atom. The molecule has 0 atom stereocenters. The van der Waals surface area contributed by atoms with Crippen molar-refractivity contribution in [2.24, 2.45) is 0 Å². The Labute approximate surface area is 176 Å². The van der Waals surface area contributed by atoms with Crippen molar-refractivity contribution in [2.75, 3.05) is 16.0 Å². The highest BCUT2D eigenvalue weighted by atomic mass is 16.2. The van der Waals surface area contributed by atoms with Crippen LogP contribution >= 0.6 is 0 Å². The molecule has 0 saturated heterocycles. The number of aromatic nitrogens is 2. The van der Waals surface area contributed by atoms with E-state index in [1.54, 1.807) is 6.20 Å². The van der Waals surface area contributed by atoms with Crippen molar-refractivity contribution in [3.8, 4) is 0 Å². The Balaban J connectivity index is 1.73. The summed E-state index contributed by atoms with van der Waals surface area (Å²) in [5.74, 6) is 1.29. The zero-order valence-corrected chi connectivity index (χ0v) is 17.4. The van der Waals surface area contributed by atoms with Crippen LogP contribution in [0, 0.1) is 6.92 Å². The zero-order chi connectivity index (χ0) is 21.1. The Morgan fingerprint density at radius 3 is 2.73 bits per heavy atom. The molecule has 7 heteroatoms. The third-order valence-electron chi connectivity index (χ3n) is 4.87. The summed E-state index contributed by atoms with van der Waals surface area (Å²) in [5, 5.41) is 12.5. The van der Waals surface area contributed by atoms with Crippen LogP contribution in [-0.4, -0.2) is 22.0 Å². The van der Waals surface area contributed by atoms with Gasteiger partial charge in [-0.2, -0.15) is 4.98 Å². The fraction of sp³-hybridized carbons (Fsp3) is 0.261. The molecular formula is C23H26N6O. The second kappa shape index (κ2) is 8.41. The summed E-state index contributed by atoms with van der Waals surface area (Å²) < 4.78 is 0. The first-order valence-corrected chi connectivity index (χ1v) is 10.1. The number of fused-ring (bicyclic) bond motifs is 6. The molecule has 0 unspecified atom stereocenters. The van der Waals surface area contributed by atoms with Gasteiger partial charge in [0.15, 0.2) is 0 Å². The van der Waals surface area contributed by atoms with E-state index in [9.17, 15) is 4.79 Å². The maximum absolute atomic E-state index is 12.3. The third-order valence-corrected chi connectivity index (χ3v) is 4.87. The maximum Gasteiger partial charge on any atom is 0.319 e. The molecule has 1 aliphatic rings. The van der Waals surface area contributed by atoms with Gasteiger partial charge in [0.25, 0.3) is 0 Å². The predicted octanol–water partition coefficient (Wildman–Crippen LogP) is 4.90. The Bertz CT molecular complexity index is 1080. The van der Waals surface area contributed by atoms with Crippen LogP contribution in [0.25, 0.3) is 0 Å². The normalized spacial score (nSPS) is 12.5. The van der Waals surface area contributed by atoms with Crippen LogP contribution in [0.1, 0.15) is 30.5 Å². The van der Waals surface area contributed by atoms with Gasteiger partial charge < -0.3 is 21.3 Å². The molecule has 4 rings (SSSR count). The summed E-state index contributed by atoms with van der Waals surface area (Å²) in [6.07, 6.45) is 3.43. The smallest absolute Gasteiger partial charge is 0.319 e. The molecule has 30 heavy (non-hydrogen) atoms. The van der Waals surface area contributed by atoms with E-state index in [0.29, 0.717) is 5.95 Å². The molecule has 0 radical (unpaired) electrons. The van der Waals surface area contributed by atoms with Crippen molar-refractivity contribution in [1.29, 1.82) is 0 Å². The molecule has 0 spiro atoms. The van der Waals surface area contributed by atoms with E-state index in [1.165, 1.54) is 5.56 Å². The lowest BCUT2D eigenvalue weighted by Crippen LogP contribution is -2.34. The van der Waals surface area contributed by atoms with Crippen molar-refractivity contribution in [1.82, 2.24) is 15.3 Å². The average Bonchev–Trinajstić information content (AvgIpc) is 2.70. The van der Waals surface area contributed by atoms with Crippen LogP contribution in [0.5, 0.6) is 0 Å². The minimum Gasteiger partial charge on any atom is -0.340 e. The minimum atomic E-state index is -0.202. The molecule has 6 bridgehead atoms. The first-order chi connectivity index (χ1) is 14.5. The third kappa shape index (κ3) is 4.68. The number of rotatable bonds is 2. The molecule has 3 aromatic rings. The molecule has 154 valence electrons. The van der Waals surface area contributed by atoms with Gasteiger partial charge >= 0.3 is 6.03 Å². The standard InChI is InChI=1S/C23H26N6O/c1-14(2)25-23(30)28-20-10-9-19-12-17(20)8-7-16-5-4-6-18(11-16)27-22-24-13-15(3)21(26-19)29-22/h4-6,9-14H,7-8H2,1-3H3,(H2,25,28,30)(H2,24,26,27,29). The zero-order valence-electron chi connectivity index (χ0n) is 17.4. The van der Waals surface area contributed by atoms with Gasteiger partial charge in [-0.05, 0) is 75.1 Å². The largest absolute Gasteiger partial charge is 0.340 e. The van der Waals surface area contributed by atoms with E-state index in [-0.39, 0.29) is 12.1 Å². The molecule has 1 aliphatic heterocycles. The van der Waals surface area contributed by atoms with Crippen molar-refractivity contribution in [3.05, 3.63) is 65.4 Å². The van der Waals surface area contributed by atoms with E-state index in [0.717, 1.165) is 46.8 Å². The lowest BCUT2D eigenvalue weighted by molar-refractivity contribution is 0.250. The summed E-state index contributed by atoms with van der Waals surface area (Å²) in [5.41, 5.74) is 5.87. The van der Waals surface area contributed by atoms with Gasteiger partial charge in [0.1, 0.15) is 5.82 Å². The Morgan fingerprint density at radius 1 is 1.07 bits per heavy atom. The van der Waals surface area contributed by atoms with E-state index in [4.69, 9.17) is 0 Å². The number of urea groups is 1. The fourth-order valence-corrected chi connectivity index (χ4v) is 3.40. The number of carbonyl (C=O) groups excluding carboxylic acids is 1. The molecule has 7 nitrogen and oxygen atoms in total. The first kappa shape index (κ1) is 19.7. The lowest BCUT2D eigenvalue weighted by Gasteiger charge is -2.16. The molecule has 1 aromatic heterocycles. The van der Waals surface area contributed by atoms with Crippen molar-refractivity contribution < 1.29 is 4.79 Å². The molecule has 0 fully saturated rings. The Kier molecular flexibility index (Phi) is 5.52. The van der Waals surface area contributed by atoms with Gasteiger partial charge in [-0.15, -0.1) is 0 Å². The van der Waals surface area contributed by atoms with E-state index < -0.39 is 0 Å². The number of amides is 2. The molecule has 0 aliphatic carbocycles. The summed E-state index contributed by atoms with van der Waals surface area (Å²) >= 11 is 0. The van der Waals surface area contributed by atoms with Gasteiger partial charge in [0.05, 0.1) is 0 Å². The number of aryl methyl sites for hydroxylation is 3. The first-order valence-electron chi connectivity index (χ1n) is 10.1. The number of benzene rings is 2. The summed E-state index contributed by atoms with van der Waals surface area (Å²) in [6, 6.07) is 14.1. The highest BCUT2D eigenvalue weighted by Crippen LogP contribution is 2.27. The maximum atomic E-state index is 12.3. The fourth-order valence-electron chi connectivity index (χ4n) is 3.40. The minimum absolute atomic E-state index is 0.0705. The van der Waals surface area contributed by atoms with Crippen molar-refractivity contribution in [2.45, 2.75) is 39.7 Å². The van der Waals surface area contributed by atoms with Gasteiger partial charge in [0, 0.05) is 34.9 Å². The SMILES string of the molecule is Cc1cnc2nc1Nc1ccc(NC(=O)NC(C)C)c(c1)CCc1cccc(c1)N2. The number of anilines is 5. The molecule has 2 aromatic carbocycles. The highest BCUT2D eigenvalue weighted by molar-refractivity contribution is 5.90. The Hall–Kier alpha value is -3.61. The average molecular weight is 403 g/mol. The number of nitrogens with one attached hydrogen (secondary N) is 4. The topological polar surface area (TPSA) is 91.0 Å². The van der Waals surface area contributed by atoms with Crippen LogP contribution in [0.15, 0.2) is 48.7 Å². The second-order valence-corrected chi connectivity index (χ2v) is 7.80. The van der Waals surface area contributed by atoms with E-state index >= 15 is 0 Å². The van der Waals surface area contributed by atoms with Crippen LogP contribution in [-0.2, 0) is 12.8 Å². The van der Waals surface area contributed by atoms with E-state index in [1.807, 2.05) is 45.0 Å². The van der Waals surface area contributed by atoms with Crippen LogP contribution in [0.2, 0.25) is 0 Å². The van der Waals surface area contributed by atoms with Crippen molar-refractivity contribution in [3.63, 3.8) is 0 Å². The lowest BCUT2D eigenvalue weighted by atomic mass is 10.0. The summed E-state index contributed by atoms with van der Waals surface area (Å²) in [6.45, 7) is 5.85. The van der Waals surface area contributed by atoms with E-state index in [2.05, 4.69) is 49.4 Å². The van der Waals surface area contributed by atoms with Crippen LogP contribution < -0.4 is 21.3 Å². The second-order valence-electron chi connectivity index (χ2n) is 7.80. The van der Waals surface area contributed by atoms with Crippen LogP contribution in [0.3, 0.4) is 0 Å². The summed E-state index contributed by atoms with van der Waals surface area (Å²) in [7, 11) is 0. The molecule has 0 saturated carbocycles. The predicted molar refractivity (Wildman–Crippen MR) is 121 cm³/mol. The van der Waals surface area contributed by atoms with Crippen molar-refractivity contribution >= 4 is 34.9 Å². The van der Waals surface area contributed by atoms with Gasteiger partial charge in [0.2, 0.25) is 5.95 Å². The number of nitrogens with zero attached hydrogens (tertiary/aromatic N) is 2. The monoisotopic (exact) mass is 402 g/mol. The molecule has 4 N–H and O–H groups in total. The van der Waals surface area contributed by atoms with Crippen LogP contribution in [0.4, 0.5) is 33.6 Å². The van der Waals surface area contributed by atoms with Gasteiger partial charge in [-0.1, -0.05) is 12.1 Å². The molecule has 2 heterocycles. The molecular weight excluding hydrogens is 376 g/mol. The number of carbonyl (C=O) groups is 1. The number of hydrogen-bond donors (Lipinski definition) is 4.